The van der Waals surface area contributed by atoms with Gasteiger partial charge in [0.25, 0.3) is 0 Å². The van der Waals surface area contributed by atoms with Crippen molar-refractivity contribution >= 4 is 22.6 Å². The van der Waals surface area contributed by atoms with Gasteiger partial charge in [-0.2, -0.15) is 0 Å². The van der Waals surface area contributed by atoms with Crippen molar-refractivity contribution in [2.45, 2.75) is 32.2 Å². The molecule has 21 heavy (non-hydrogen) atoms. The fraction of sp³-hybridized carbons (Fsp3) is 0.368. The van der Waals surface area contributed by atoms with E-state index in [1.807, 2.05) is 0 Å². The third-order valence-electron chi connectivity index (χ3n) is 4.48. The first-order valence-electron chi connectivity index (χ1n) is 7.83. The lowest BCUT2D eigenvalue weighted by Crippen LogP contribution is -2.33. The van der Waals surface area contributed by atoms with Crippen LogP contribution in [0.3, 0.4) is 0 Å². The highest BCUT2D eigenvalue weighted by Gasteiger charge is 2.28. The molecule has 0 fully saturated rings. The summed E-state index contributed by atoms with van der Waals surface area (Å²) in [5.41, 5.74) is 4.51. The number of hydrogen-bond acceptors (Lipinski definition) is 1. The molecule has 0 radical (unpaired) electrons. The summed E-state index contributed by atoms with van der Waals surface area (Å²) in [7, 11) is 0. The van der Waals surface area contributed by atoms with Crippen LogP contribution in [0.5, 0.6) is 0 Å². The Morgan fingerprint density at radius 2 is 1.86 bits per heavy atom. The second kappa shape index (κ2) is 6.93. The highest BCUT2D eigenvalue weighted by molar-refractivity contribution is 14.1. The molecule has 2 heteroatoms. The minimum atomic E-state index is 0.499. The molecule has 0 amide bonds. The lowest BCUT2D eigenvalue weighted by Gasteiger charge is -2.34. The van der Waals surface area contributed by atoms with Gasteiger partial charge in [-0.1, -0.05) is 43.3 Å². The highest BCUT2D eigenvalue weighted by atomic mass is 127. The maximum Gasteiger partial charge on any atom is 0.0354 e. The van der Waals surface area contributed by atoms with E-state index in [-0.39, 0.29) is 0 Å². The Hall–Kier alpha value is -0.870. The maximum atomic E-state index is 3.72. The number of aryl methyl sites for hydroxylation is 1. The van der Waals surface area contributed by atoms with Gasteiger partial charge in [0.1, 0.15) is 0 Å². The second-order valence-electron chi connectivity index (χ2n) is 5.86. The summed E-state index contributed by atoms with van der Waals surface area (Å²) in [6.45, 7) is 3.24. The van der Waals surface area contributed by atoms with Crippen LogP contribution in [0.4, 0.5) is 0 Å². The molecule has 1 nitrogen and oxygen atoms in total. The minimum absolute atomic E-state index is 0.499. The molecule has 0 saturated carbocycles. The smallest absolute Gasteiger partial charge is 0.0354 e. The normalized spacial score (nSPS) is 21.0. The zero-order chi connectivity index (χ0) is 14.7. The van der Waals surface area contributed by atoms with E-state index in [2.05, 4.69) is 83.4 Å². The van der Waals surface area contributed by atoms with Gasteiger partial charge < -0.3 is 5.32 Å². The molecule has 0 aliphatic heterocycles. The Bertz CT molecular complexity index is 591. The zero-order valence-electron chi connectivity index (χ0n) is 12.5. The van der Waals surface area contributed by atoms with Gasteiger partial charge in [0, 0.05) is 9.61 Å². The number of rotatable bonds is 4. The Balaban J connectivity index is 1.83. The SMILES string of the molecule is CCNC1c2ccccc2CCC1Cc1ccc(I)cc1. The molecular formula is C19H22IN. The summed E-state index contributed by atoms with van der Waals surface area (Å²) in [6, 6.07) is 18.4. The summed E-state index contributed by atoms with van der Waals surface area (Å²) >= 11 is 2.37. The summed E-state index contributed by atoms with van der Waals surface area (Å²) in [5, 5.41) is 3.72. The molecule has 1 aliphatic carbocycles. The number of benzene rings is 2. The van der Waals surface area contributed by atoms with Crippen molar-refractivity contribution in [1.82, 2.24) is 5.32 Å². The molecule has 2 aromatic rings. The molecule has 2 atom stereocenters. The van der Waals surface area contributed by atoms with E-state index in [1.165, 1.54) is 39.5 Å². The van der Waals surface area contributed by atoms with Crippen LogP contribution in [-0.2, 0) is 12.8 Å². The summed E-state index contributed by atoms with van der Waals surface area (Å²) in [6.07, 6.45) is 3.66. The Morgan fingerprint density at radius 3 is 2.62 bits per heavy atom. The van der Waals surface area contributed by atoms with Crippen LogP contribution in [0.1, 0.15) is 36.1 Å². The van der Waals surface area contributed by atoms with E-state index in [0.29, 0.717) is 12.0 Å². The van der Waals surface area contributed by atoms with Crippen molar-refractivity contribution in [3.63, 3.8) is 0 Å². The van der Waals surface area contributed by atoms with Crippen molar-refractivity contribution in [2.75, 3.05) is 6.54 Å². The van der Waals surface area contributed by atoms with Gasteiger partial charge in [-0.05, 0) is 83.1 Å². The summed E-state index contributed by atoms with van der Waals surface area (Å²) in [4.78, 5) is 0. The lowest BCUT2D eigenvalue weighted by atomic mass is 9.77. The third kappa shape index (κ3) is 3.49. The topological polar surface area (TPSA) is 12.0 Å². The number of halogens is 1. The van der Waals surface area contributed by atoms with Gasteiger partial charge in [-0.25, -0.2) is 0 Å². The standard InChI is InChI=1S/C19H22IN/c1-2-21-19-16(13-14-7-11-17(20)12-8-14)10-9-15-5-3-4-6-18(15)19/h3-8,11-12,16,19,21H,2,9-10,13H2,1H3. The van der Waals surface area contributed by atoms with Crippen LogP contribution in [0.2, 0.25) is 0 Å². The molecule has 3 rings (SSSR count). The average molecular weight is 391 g/mol. The molecule has 110 valence electrons. The van der Waals surface area contributed by atoms with Gasteiger partial charge in [-0.3, -0.25) is 0 Å². The van der Waals surface area contributed by atoms with Crippen LogP contribution < -0.4 is 5.32 Å². The Labute approximate surface area is 141 Å². The van der Waals surface area contributed by atoms with Crippen LogP contribution in [0.25, 0.3) is 0 Å². The molecule has 2 unspecified atom stereocenters. The first-order valence-corrected chi connectivity index (χ1v) is 8.91. The van der Waals surface area contributed by atoms with Crippen LogP contribution in [0, 0.1) is 9.49 Å². The summed E-state index contributed by atoms with van der Waals surface area (Å²) < 4.78 is 1.31. The molecule has 0 bridgehead atoms. The van der Waals surface area contributed by atoms with Crippen molar-refractivity contribution in [2.24, 2.45) is 5.92 Å². The molecule has 1 N–H and O–H groups in total. The van der Waals surface area contributed by atoms with Crippen LogP contribution >= 0.6 is 22.6 Å². The third-order valence-corrected chi connectivity index (χ3v) is 5.20. The predicted octanol–water partition coefficient (Wildman–Crippen LogP) is 4.75. The quantitative estimate of drug-likeness (QED) is 0.742. The summed E-state index contributed by atoms with van der Waals surface area (Å²) in [5.74, 6) is 0.694. The first-order chi connectivity index (χ1) is 10.3. The Kier molecular flexibility index (Phi) is 4.96. The largest absolute Gasteiger partial charge is 0.310 e. The molecular weight excluding hydrogens is 369 g/mol. The molecule has 1 aliphatic rings. The molecule has 0 heterocycles. The molecule has 0 spiro atoms. The van der Waals surface area contributed by atoms with Crippen molar-refractivity contribution in [3.05, 3.63) is 68.8 Å². The molecule has 0 saturated heterocycles. The molecule has 2 aromatic carbocycles. The van der Waals surface area contributed by atoms with Crippen LogP contribution in [-0.4, -0.2) is 6.54 Å². The zero-order valence-corrected chi connectivity index (χ0v) is 14.6. The second-order valence-corrected chi connectivity index (χ2v) is 7.11. The van der Waals surface area contributed by atoms with Crippen molar-refractivity contribution in [3.8, 4) is 0 Å². The lowest BCUT2D eigenvalue weighted by molar-refractivity contribution is 0.323. The fourth-order valence-electron chi connectivity index (χ4n) is 3.47. The predicted molar refractivity (Wildman–Crippen MR) is 97.5 cm³/mol. The fourth-order valence-corrected chi connectivity index (χ4v) is 3.83. The van der Waals surface area contributed by atoms with E-state index >= 15 is 0 Å². The van der Waals surface area contributed by atoms with E-state index in [1.54, 1.807) is 0 Å². The van der Waals surface area contributed by atoms with Crippen LogP contribution in [0.15, 0.2) is 48.5 Å². The van der Waals surface area contributed by atoms with Gasteiger partial charge in [-0.15, -0.1) is 0 Å². The van der Waals surface area contributed by atoms with E-state index in [4.69, 9.17) is 0 Å². The number of nitrogens with one attached hydrogen (secondary N) is 1. The van der Waals surface area contributed by atoms with Gasteiger partial charge in [0.2, 0.25) is 0 Å². The monoisotopic (exact) mass is 391 g/mol. The van der Waals surface area contributed by atoms with E-state index < -0.39 is 0 Å². The van der Waals surface area contributed by atoms with E-state index in [9.17, 15) is 0 Å². The average Bonchev–Trinajstić information content (AvgIpc) is 2.52. The van der Waals surface area contributed by atoms with Gasteiger partial charge >= 0.3 is 0 Å². The molecule has 0 aromatic heterocycles. The minimum Gasteiger partial charge on any atom is -0.310 e. The van der Waals surface area contributed by atoms with Crippen molar-refractivity contribution < 1.29 is 0 Å². The van der Waals surface area contributed by atoms with Gasteiger partial charge in [0.15, 0.2) is 0 Å². The highest BCUT2D eigenvalue weighted by Crippen LogP contribution is 2.36. The van der Waals surface area contributed by atoms with Crippen molar-refractivity contribution in [1.29, 1.82) is 0 Å². The van der Waals surface area contributed by atoms with E-state index in [0.717, 1.165) is 6.54 Å². The number of hydrogen-bond donors (Lipinski definition) is 1. The number of fused-ring (bicyclic) bond motifs is 1. The maximum absolute atomic E-state index is 3.72. The first kappa shape index (κ1) is 15.0. The Morgan fingerprint density at radius 1 is 1.10 bits per heavy atom. The van der Waals surface area contributed by atoms with Gasteiger partial charge in [0.05, 0.1) is 0 Å².